The molecular formula is C34H46Cl2Zr. The van der Waals surface area contributed by atoms with Gasteiger partial charge in [0.2, 0.25) is 0 Å². The molecule has 2 aliphatic carbocycles. The maximum absolute atomic E-state index is 2.67. The molecule has 0 saturated carbocycles. The molecule has 2 atom stereocenters. The van der Waals surface area contributed by atoms with Gasteiger partial charge in [0.15, 0.2) is 0 Å². The van der Waals surface area contributed by atoms with Crippen LogP contribution in [0.4, 0.5) is 0 Å². The summed E-state index contributed by atoms with van der Waals surface area (Å²) in [4.78, 5) is 0. The quantitative estimate of drug-likeness (QED) is 0.245. The second kappa shape index (κ2) is 16.5. The predicted molar refractivity (Wildman–Crippen MR) is 150 cm³/mol. The maximum atomic E-state index is 2.67. The first-order valence-corrected chi connectivity index (χ1v) is 17.1. The summed E-state index contributed by atoms with van der Waals surface area (Å²) in [7, 11) is 0. The van der Waals surface area contributed by atoms with E-state index < -0.39 is 23.2 Å². The Hall–Kier alpha value is -0.617. The molecular weight excluding hydrogens is 571 g/mol. The van der Waals surface area contributed by atoms with Gasteiger partial charge in [0, 0.05) is 0 Å². The third-order valence-electron chi connectivity index (χ3n) is 8.27. The molecule has 0 radical (unpaired) electrons. The van der Waals surface area contributed by atoms with E-state index >= 15 is 0 Å². The average Bonchev–Trinajstić information content (AvgIpc) is 3.43. The van der Waals surface area contributed by atoms with Crippen LogP contribution >= 0.6 is 0 Å². The molecule has 0 N–H and O–H groups in total. The van der Waals surface area contributed by atoms with Crippen molar-refractivity contribution >= 4 is 12.2 Å². The molecule has 2 aliphatic rings. The number of unbranched alkanes of at least 4 members (excludes halogenated alkanes) is 10. The number of hydrogen-bond acceptors (Lipinski definition) is 0. The van der Waals surface area contributed by atoms with Crippen molar-refractivity contribution in [1.29, 1.82) is 0 Å². The van der Waals surface area contributed by atoms with Crippen LogP contribution in [0.5, 0.6) is 0 Å². The van der Waals surface area contributed by atoms with Crippen LogP contribution in [0.2, 0.25) is 0 Å². The van der Waals surface area contributed by atoms with Crippen LogP contribution < -0.4 is 24.8 Å². The van der Waals surface area contributed by atoms with Gasteiger partial charge < -0.3 is 24.8 Å². The number of halogens is 2. The van der Waals surface area contributed by atoms with Crippen molar-refractivity contribution in [3.8, 4) is 0 Å². The van der Waals surface area contributed by atoms with Gasteiger partial charge in [0.05, 0.1) is 0 Å². The van der Waals surface area contributed by atoms with Crippen molar-refractivity contribution in [3.05, 3.63) is 82.9 Å². The minimum atomic E-state index is -0.918. The summed E-state index contributed by atoms with van der Waals surface area (Å²) < 4.78 is 0.656. The summed E-state index contributed by atoms with van der Waals surface area (Å²) in [5, 5.41) is 0. The Labute approximate surface area is 251 Å². The first-order chi connectivity index (χ1) is 17.2. The van der Waals surface area contributed by atoms with E-state index in [1.807, 2.05) is 0 Å². The van der Waals surface area contributed by atoms with Gasteiger partial charge in [-0.15, -0.1) is 0 Å². The van der Waals surface area contributed by atoms with Crippen LogP contribution in [0.15, 0.2) is 60.7 Å². The number of allylic oxidation sites excluding steroid dienone is 2. The first-order valence-electron chi connectivity index (χ1n) is 14.6. The third-order valence-corrected chi connectivity index (χ3v) is 13.8. The van der Waals surface area contributed by atoms with Crippen molar-refractivity contribution < 1.29 is 48.0 Å². The predicted octanol–water partition coefficient (Wildman–Crippen LogP) is 4.42. The molecule has 200 valence electrons. The molecule has 0 nitrogen and oxygen atoms in total. The fraction of sp³-hybridized carbons (Fsp3) is 0.529. The fourth-order valence-corrected chi connectivity index (χ4v) is 12.3. The molecule has 2 unspecified atom stereocenters. The van der Waals surface area contributed by atoms with Crippen molar-refractivity contribution in [2.75, 3.05) is 0 Å². The molecule has 0 bridgehead atoms. The molecule has 0 amide bonds. The molecule has 37 heavy (non-hydrogen) atoms. The number of benzene rings is 2. The topological polar surface area (TPSA) is 0 Å². The van der Waals surface area contributed by atoms with E-state index in [1.165, 1.54) is 101 Å². The van der Waals surface area contributed by atoms with Crippen molar-refractivity contribution in [2.24, 2.45) is 0 Å². The third kappa shape index (κ3) is 8.19. The molecule has 0 aliphatic heterocycles. The van der Waals surface area contributed by atoms with Gasteiger partial charge in [-0.05, 0) is 0 Å². The minimum Gasteiger partial charge on any atom is -1.00 e. The van der Waals surface area contributed by atoms with E-state index in [4.69, 9.17) is 0 Å². The maximum Gasteiger partial charge on any atom is -1.00 e. The van der Waals surface area contributed by atoms with E-state index in [0.717, 1.165) is 0 Å². The summed E-state index contributed by atoms with van der Waals surface area (Å²) in [5.74, 6) is 0. The smallest absolute Gasteiger partial charge is 1.00 e. The van der Waals surface area contributed by atoms with Crippen LogP contribution in [0.1, 0.15) is 126 Å². The van der Waals surface area contributed by atoms with Crippen molar-refractivity contribution in [2.45, 2.75) is 110 Å². The Morgan fingerprint density at radius 1 is 0.514 bits per heavy atom. The van der Waals surface area contributed by atoms with E-state index in [9.17, 15) is 0 Å². The zero-order valence-electron chi connectivity index (χ0n) is 23.1. The van der Waals surface area contributed by atoms with Gasteiger partial charge >= 0.3 is 228 Å². The van der Waals surface area contributed by atoms with Gasteiger partial charge in [-0.25, -0.2) is 0 Å². The molecule has 4 rings (SSSR count). The van der Waals surface area contributed by atoms with Gasteiger partial charge in [-0.2, -0.15) is 0 Å². The van der Waals surface area contributed by atoms with Crippen LogP contribution in [0.3, 0.4) is 0 Å². The molecule has 0 saturated heterocycles. The summed E-state index contributed by atoms with van der Waals surface area (Å²) in [5.41, 5.74) is 6.29. The largest absolute Gasteiger partial charge is 1.00 e. The zero-order valence-corrected chi connectivity index (χ0v) is 27.1. The van der Waals surface area contributed by atoms with E-state index in [1.54, 1.807) is 11.1 Å². The van der Waals surface area contributed by atoms with Crippen molar-refractivity contribution in [3.63, 3.8) is 0 Å². The molecule has 3 heteroatoms. The molecule has 0 spiro atoms. The van der Waals surface area contributed by atoms with Crippen LogP contribution in [-0.4, -0.2) is 0 Å². The Balaban J connectivity index is 0.00000241. The standard InChI is InChI=1S/2C17H23.2ClH.Zr/c2*1-2-3-4-5-6-7-10-15-13-14-16-11-8-9-12-17(15)16;;;/h2*8-9,11-14H,2-7,10H2,1H3;2*1H;/q;;;;+2/p-2. The van der Waals surface area contributed by atoms with E-state index in [0.29, 0.717) is 6.25 Å². The molecule has 0 fully saturated rings. The number of hydrogen-bond donors (Lipinski definition) is 0. The fourth-order valence-electron chi connectivity index (χ4n) is 6.29. The van der Waals surface area contributed by atoms with Crippen LogP contribution in [-0.2, 0) is 29.5 Å². The number of fused-ring (bicyclic) bond motifs is 2. The summed E-state index contributed by atoms with van der Waals surface area (Å²) in [6.07, 6.45) is 29.6. The van der Waals surface area contributed by atoms with E-state index in [-0.39, 0.29) is 24.8 Å². The van der Waals surface area contributed by atoms with Gasteiger partial charge in [-0.1, -0.05) is 0 Å². The Kier molecular flexibility index (Phi) is 14.5. The first kappa shape index (κ1) is 32.6. The zero-order chi connectivity index (χ0) is 24.4. The van der Waals surface area contributed by atoms with Gasteiger partial charge in [-0.3, -0.25) is 0 Å². The van der Waals surface area contributed by atoms with Gasteiger partial charge in [0.1, 0.15) is 0 Å². The summed E-state index contributed by atoms with van der Waals surface area (Å²) in [6.45, 7) is 4.64. The second-order valence-corrected chi connectivity index (χ2v) is 15.9. The van der Waals surface area contributed by atoms with Crippen molar-refractivity contribution in [1.82, 2.24) is 0 Å². The Bertz CT molecular complexity index is 917. The SMILES string of the molecule is CCCCCCCC[C]1([Zr+2][C]2(CCCCCCCC)C=Cc3ccccc32)C=Cc2ccccc21.[Cl-].[Cl-]. The molecule has 0 heterocycles. The average molecular weight is 617 g/mol. The Morgan fingerprint density at radius 2 is 0.892 bits per heavy atom. The minimum absolute atomic E-state index is 0. The normalized spacial score (nSPS) is 20.6. The Morgan fingerprint density at radius 3 is 1.32 bits per heavy atom. The van der Waals surface area contributed by atoms with Crippen LogP contribution in [0, 0.1) is 0 Å². The molecule has 0 aromatic heterocycles. The molecule has 2 aromatic rings. The second-order valence-electron chi connectivity index (χ2n) is 10.9. The molecule has 2 aromatic carbocycles. The van der Waals surface area contributed by atoms with Crippen LogP contribution in [0.25, 0.3) is 12.2 Å². The monoisotopic (exact) mass is 614 g/mol. The summed E-state index contributed by atoms with van der Waals surface area (Å²) >= 11 is -0.918. The number of rotatable bonds is 16. The summed E-state index contributed by atoms with van der Waals surface area (Å²) in [6, 6.07) is 18.7. The van der Waals surface area contributed by atoms with Gasteiger partial charge in [0.25, 0.3) is 0 Å². The van der Waals surface area contributed by atoms with E-state index in [2.05, 4.69) is 86.7 Å².